The average Bonchev–Trinajstić information content (AvgIpc) is 2.16. The van der Waals surface area contributed by atoms with Crippen LogP contribution in [0.15, 0.2) is 24.3 Å². The maximum absolute atomic E-state index is 11.8. The highest BCUT2D eigenvalue weighted by atomic mass is 31.1. The molecule has 0 saturated heterocycles. The predicted molar refractivity (Wildman–Crippen MR) is 49.1 cm³/mol. The lowest BCUT2D eigenvalue weighted by atomic mass is 10.2. The van der Waals surface area contributed by atoms with Crippen LogP contribution >= 0.6 is 8.25 Å². The van der Waals surface area contributed by atoms with Crippen molar-refractivity contribution in [2.24, 2.45) is 0 Å². The zero-order valence-corrected chi connectivity index (χ0v) is 8.52. The van der Waals surface area contributed by atoms with E-state index in [4.69, 9.17) is 4.89 Å². The molecule has 0 spiro atoms. The predicted octanol–water partition coefficient (Wildman–Crippen LogP) is 2.19. The molecule has 0 saturated carbocycles. The molecule has 1 atom stereocenters. The van der Waals surface area contributed by atoms with Crippen molar-refractivity contribution in [3.05, 3.63) is 29.8 Å². The Hall–Kier alpha value is -0.970. The van der Waals surface area contributed by atoms with Gasteiger partial charge in [0.2, 0.25) is 0 Å². The fourth-order valence-electron chi connectivity index (χ4n) is 0.912. The molecular weight excluding hydrogens is 229 g/mol. The summed E-state index contributed by atoms with van der Waals surface area (Å²) < 4.78 is 42.3. The third kappa shape index (κ3) is 4.88. The van der Waals surface area contributed by atoms with Crippen molar-refractivity contribution in [3.8, 4) is 5.75 Å². The second-order valence-corrected chi connectivity index (χ2v) is 3.40. The molecule has 0 aliphatic heterocycles. The van der Waals surface area contributed by atoms with E-state index in [-0.39, 0.29) is 12.4 Å². The van der Waals surface area contributed by atoms with E-state index < -0.39 is 14.9 Å². The average molecular weight is 238 g/mol. The van der Waals surface area contributed by atoms with Crippen molar-refractivity contribution in [2.45, 2.75) is 13.2 Å². The summed E-state index contributed by atoms with van der Waals surface area (Å²) in [6, 6.07) is 5.62. The van der Waals surface area contributed by atoms with E-state index in [0.29, 0.717) is 5.56 Å². The summed E-state index contributed by atoms with van der Waals surface area (Å²) >= 11 is 0. The first-order chi connectivity index (χ1) is 7.08. The van der Waals surface area contributed by atoms with Gasteiger partial charge in [0.15, 0.2) is 0 Å². The molecule has 0 amide bonds. The lowest BCUT2D eigenvalue weighted by Crippen LogP contribution is -2.01. The molecule has 0 aliphatic rings. The van der Waals surface area contributed by atoms with Crippen LogP contribution in [0, 0.1) is 0 Å². The first kappa shape index (κ1) is 12.1. The molecular formula is C8H9F2O4P. The molecule has 4 nitrogen and oxygen atoms in total. The van der Waals surface area contributed by atoms with Gasteiger partial charge in [0, 0.05) is 0 Å². The van der Waals surface area contributed by atoms with Crippen LogP contribution in [-0.4, -0.2) is 11.5 Å². The lowest BCUT2D eigenvalue weighted by molar-refractivity contribution is -0.0498. The normalized spacial score (nSPS) is 12.8. The Balaban J connectivity index is 2.52. The number of rotatable bonds is 5. The van der Waals surface area contributed by atoms with Gasteiger partial charge in [0.1, 0.15) is 5.75 Å². The minimum atomic E-state index is -2.96. The second kappa shape index (κ2) is 5.80. The molecule has 0 fully saturated rings. The maximum atomic E-state index is 11.8. The highest BCUT2D eigenvalue weighted by Crippen LogP contribution is 2.20. The van der Waals surface area contributed by atoms with Crippen LogP contribution in [0.5, 0.6) is 5.75 Å². The van der Waals surface area contributed by atoms with Gasteiger partial charge in [-0.2, -0.15) is 8.78 Å². The molecule has 1 rings (SSSR count). The third-order valence-electron chi connectivity index (χ3n) is 1.51. The van der Waals surface area contributed by atoms with Crippen LogP contribution in [0.1, 0.15) is 5.56 Å². The highest BCUT2D eigenvalue weighted by molar-refractivity contribution is 7.32. The van der Waals surface area contributed by atoms with Gasteiger partial charge in [-0.3, -0.25) is 4.57 Å². The van der Waals surface area contributed by atoms with Gasteiger partial charge in [-0.15, -0.1) is 0 Å². The largest absolute Gasteiger partial charge is 0.435 e. The number of alkyl halides is 2. The Bertz CT molecular complexity index is 328. The molecule has 84 valence electrons. The third-order valence-corrected chi connectivity index (χ3v) is 1.90. The van der Waals surface area contributed by atoms with E-state index in [0.717, 1.165) is 0 Å². The van der Waals surface area contributed by atoms with Crippen LogP contribution in [0.25, 0.3) is 0 Å². The molecule has 1 aromatic carbocycles. The lowest BCUT2D eigenvalue weighted by Gasteiger charge is -2.05. The summed E-state index contributed by atoms with van der Waals surface area (Å²) in [5.41, 5.74) is 0.601. The summed E-state index contributed by atoms with van der Waals surface area (Å²) in [5.74, 6) is 0.0328. The Morgan fingerprint density at radius 2 is 1.93 bits per heavy atom. The van der Waals surface area contributed by atoms with Crippen LogP contribution in [0.4, 0.5) is 8.78 Å². The van der Waals surface area contributed by atoms with E-state index in [2.05, 4.69) is 9.26 Å². The van der Waals surface area contributed by atoms with Gasteiger partial charge in [-0.05, 0) is 17.7 Å². The zero-order valence-electron chi connectivity index (χ0n) is 7.52. The number of halogens is 2. The van der Waals surface area contributed by atoms with Crippen molar-refractivity contribution in [1.29, 1.82) is 0 Å². The molecule has 1 N–H and O–H groups in total. The fraction of sp³-hybridized carbons (Fsp3) is 0.250. The summed E-state index contributed by atoms with van der Waals surface area (Å²) in [6.45, 7) is -2.90. The maximum Gasteiger partial charge on any atom is 0.387 e. The Labute approximate surface area is 85.4 Å². The number of hydrogen-bond acceptors (Lipinski definition) is 3. The summed E-state index contributed by atoms with van der Waals surface area (Å²) in [4.78, 5) is 8.39. The minimum absolute atomic E-state index is 0.0328. The van der Waals surface area contributed by atoms with Crippen molar-refractivity contribution < 1.29 is 27.5 Å². The van der Waals surface area contributed by atoms with Gasteiger partial charge in [-0.1, -0.05) is 12.1 Å². The smallest absolute Gasteiger partial charge is 0.387 e. The fourth-order valence-corrected chi connectivity index (χ4v) is 1.20. The Morgan fingerprint density at radius 1 is 1.33 bits per heavy atom. The van der Waals surface area contributed by atoms with Gasteiger partial charge < -0.3 is 14.2 Å². The molecule has 0 aliphatic carbocycles. The van der Waals surface area contributed by atoms with Crippen molar-refractivity contribution in [3.63, 3.8) is 0 Å². The summed E-state index contributed by atoms with van der Waals surface area (Å²) in [6.07, 6.45) is 0. The number of hydrogen-bond donors (Lipinski definition) is 1. The first-order valence-corrected chi connectivity index (χ1v) is 5.24. The topological polar surface area (TPSA) is 55.8 Å². The molecule has 7 heteroatoms. The first-order valence-electron chi connectivity index (χ1n) is 3.97. The molecule has 0 aromatic heterocycles. The molecule has 1 aromatic rings. The molecule has 15 heavy (non-hydrogen) atoms. The van der Waals surface area contributed by atoms with Crippen LogP contribution in [0.2, 0.25) is 0 Å². The van der Waals surface area contributed by atoms with Crippen LogP contribution < -0.4 is 4.74 Å². The highest BCUT2D eigenvalue weighted by Gasteiger charge is 2.03. The molecule has 1 unspecified atom stereocenters. The van der Waals surface area contributed by atoms with E-state index in [1.165, 1.54) is 24.3 Å². The molecule has 0 bridgehead atoms. The van der Waals surface area contributed by atoms with Crippen molar-refractivity contribution in [2.75, 3.05) is 0 Å². The van der Waals surface area contributed by atoms with E-state index >= 15 is 0 Å². The number of ether oxygens (including phenoxy) is 1. The summed E-state index contributed by atoms with van der Waals surface area (Å²) in [7, 11) is -2.96. The monoisotopic (exact) mass is 238 g/mol. The van der Waals surface area contributed by atoms with Gasteiger partial charge >= 0.3 is 14.9 Å². The van der Waals surface area contributed by atoms with E-state index in [9.17, 15) is 13.3 Å². The summed E-state index contributed by atoms with van der Waals surface area (Å²) in [5, 5.41) is 0. The number of benzene rings is 1. The van der Waals surface area contributed by atoms with Gasteiger partial charge in [0.05, 0.1) is 6.61 Å². The van der Waals surface area contributed by atoms with Crippen LogP contribution in [-0.2, 0) is 15.7 Å². The van der Waals surface area contributed by atoms with Crippen LogP contribution in [0.3, 0.4) is 0 Å². The molecule has 0 heterocycles. The van der Waals surface area contributed by atoms with E-state index in [1.807, 2.05) is 0 Å². The SMILES string of the molecule is O=[PH](O)OCc1ccc(OC(F)F)cc1. The van der Waals surface area contributed by atoms with Gasteiger partial charge in [0.25, 0.3) is 0 Å². The quantitative estimate of drug-likeness (QED) is 0.799. The Kier molecular flexibility index (Phi) is 4.68. The van der Waals surface area contributed by atoms with E-state index in [1.54, 1.807) is 0 Å². The van der Waals surface area contributed by atoms with Crippen molar-refractivity contribution in [1.82, 2.24) is 0 Å². The minimum Gasteiger partial charge on any atom is -0.435 e. The zero-order chi connectivity index (χ0) is 11.3. The Morgan fingerprint density at radius 3 is 2.40 bits per heavy atom. The van der Waals surface area contributed by atoms with Crippen molar-refractivity contribution >= 4 is 8.25 Å². The molecule has 0 radical (unpaired) electrons. The van der Waals surface area contributed by atoms with Gasteiger partial charge in [-0.25, -0.2) is 0 Å². The second-order valence-electron chi connectivity index (χ2n) is 2.58. The standard InChI is InChI=1S/C8H9F2O4P/c9-8(10)14-7-3-1-6(2-4-7)5-13-15(11)12/h1-4,8,15H,5H2,(H,11,12).